The van der Waals surface area contributed by atoms with Crippen molar-refractivity contribution in [1.29, 1.82) is 0 Å². The predicted molar refractivity (Wildman–Crippen MR) is 114 cm³/mol. The summed E-state index contributed by atoms with van der Waals surface area (Å²) < 4.78 is 12.9. The Labute approximate surface area is 177 Å². The number of anilines is 1. The summed E-state index contributed by atoms with van der Waals surface area (Å²) in [6, 6.07) is 7.69. The van der Waals surface area contributed by atoms with Crippen LogP contribution in [0.1, 0.15) is 54.5 Å². The van der Waals surface area contributed by atoms with Crippen molar-refractivity contribution in [1.82, 2.24) is 9.47 Å². The molecule has 4 rings (SSSR count). The molecule has 1 aromatic heterocycles. The van der Waals surface area contributed by atoms with Crippen LogP contribution in [0.15, 0.2) is 24.3 Å². The first kappa shape index (κ1) is 20.3. The van der Waals surface area contributed by atoms with E-state index in [0.29, 0.717) is 49.2 Å². The molecule has 0 unspecified atom stereocenters. The summed E-state index contributed by atoms with van der Waals surface area (Å²) in [4.78, 5) is 27.6. The Kier molecular flexibility index (Phi) is 5.45. The minimum absolute atomic E-state index is 0.0149. The molecule has 2 aliphatic rings. The van der Waals surface area contributed by atoms with Gasteiger partial charge in [0.15, 0.2) is 11.5 Å². The molecule has 2 amide bonds. The van der Waals surface area contributed by atoms with Crippen LogP contribution in [-0.4, -0.2) is 41.2 Å². The van der Waals surface area contributed by atoms with Gasteiger partial charge in [-0.05, 0) is 58.7 Å². The van der Waals surface area contributed by atoms with Crippen LogP contribution >= 0.6 is 0 Å². The number of likely N-dealkylation sites (tertiary alicyclic amines) is 1. The highest BCUT2D eigenvalue weighted by Crippen LogP contribution is 2.34. The third-order valence-electron chi connectivity index (χ3n) is 6.02. The average molecular weight is 412 g/mol. The van der Waals surface area contributed by atoms with Gasteiger partial charge in [0.05, 0.1) is 5.56 Å². The number of ether oxygens (including phenoxy) is 2. The van der Waals surface area contributed by atoms with Crippen molar-refractivity contribution >= 4 is 17.5 Å². The number of hydrogen-bond donors (Lipinski definition) is 1. The lowest BCUT2D eigenvalue weighted by Gasteiger charge is -2.31. The lowest BCUT2D eigenvalue weighted by Crippen LogP contribution is -2.41. The lowest BCUT2D eigenvalue weighted by molar-refractivity contribution is -0.121. The number of aryl methyl sites for hydroxylation is 1. The van der Waals surface area contributed by atoms with Crippen molar-refractivity contribution in [3.05, 3.63) is 41.2 Å². The Morgan fingerprint density at radius 3 is 2.43 bits per heavy atom. The first-order chi connectivity index (χ1) is 14.3. The van der Waals surface area contributed by atoms with E-state index in [2.05, 4.69) is 23.7 Å². The number of nitrogens with one attached hydrogen (secondary N) is 1. The molecule has 3 heterocycles. The van der Waals surface area contributed by atoms with Gasteiger partial charge in [0.2, 0.25) is 12.7 Å². The van der Waals surface area contributed by atoms with E-state index in [1.54, 1.807) is 12.1 Å². The number of fused-ring (bicyclic) bond motifs is 1. The fourth-order valence-corrected chi connectivity index (χ4v) is 4.52. The van der Waals surface area contributed by atoms with Crippen LogP contribution in [0.3, 0.4) is 0 Å². The van der Waals surface area contributed by atoms with Crippen LogP contribution in [0.25, 0.3) is 0 Å². The molecule has 1 N–H and O–H groups in total. The van der Waals surface area contributed by atoms with E-state index in [4.69, 9.17) is 9.47 Å². The van der Waals surface area contributed by atoms with Crippen molar-refractivity contribution in [3.63, 3.8) is 0 Å². The van der Waals surface area contributed by atoms with Crippen molar-refractivity contribution in [2.24, 2.45) is 5.92 Å². The molecule has 0 aliphatic carbocycles. The molecule has 1 fully saturated rings. The van der Waals surface area contributed by atoms with E-state index in [-0.39, 0.29) is 24.5 Å². The number of benzene rings is 1. The quantitative estimate of drug-likeness (QED) is 0.828. The van der Waals surface area contributed by atoms with Gasteiger partial charge in [0.25, 0.3) is 5.91 Å². The second-order valence-electron chi connectivity index (χ2n) is 8.37. The third-order valence-corrected chi connectivity index (χ3v) is 6.02. The number of nitrogens with zero attached hydrogens (tertiary/aromatic N) is 2. The maximum Gasteiger partial charge on any atom is 0.255 e. The van der Waals surface area contributed by atoms with E-state index < -0.39 is 0 Å². The second kappa shape index (κ2) is 8.05. The molecule has 160 valence electrons. The van der Waals surface area contributed by atoms with Crippen LogP contribution in [0.5, 0.6) is 11.5 Å². The average Bonchev–Trinajstić information content (AvgIpc) is 3.30. The Hall–Kier alpha value is -2.96. The standard InChI is InChI=1S/C23H29N3O4/c1-14(2)26-15(3)11-19(16(26)4)23(28)25-9-7-17(8-10-25)22(27)24-18-5-6-20-21(12-18)30-13-29-20/h5-6,11-12,14,17H,7-10,13H2,1-4H3,(H,24,27). The molecular formula is C23H29N3O4. The van der Waals surface area contributed by atoms with Gasteiger partial charge < -0.3 is 24.3 Å². The zero-order chi connectivity index (χ0) is 21.4. The van der Waals surface area contributed by atoms with Crippen LogP contribution in [0, 0.1) is 19.8 Å². The van der Waals surface area contributed by atoms with Crippen LogP contribution < -0.4 is 14.8 Å². The first-order valence-corrected chi connectivity index (χ1v) is 10.5. The van der Waals surface area contributed by atoms with E-state index >= 15 is 0 Å². The minimum atomic E-state index is -0.109. The first-order valence-electron chi connectivity index (χ1n) is 10.5. The van der Waals surface area contributed by atoms with E-state index in [1.807, 2.05) is 30.9 Å². The summed E-state index contributed by atoms with van der Waals surface area (Å²) in [6.45, 7) is 9.67. The maximum absolute atomic E-state index is 13.1. The number of carbonyl (C=O) groups excluding carboxylic acids is 2. The van der Waals surface area contributed by atoms with E-state index in [1.165, 1.54) is 0 Å². The molecule has 0 radical (unpaired) electrons. The summed E-state index contributed by atoms with van der Waals surface area (Å²) >= 11 is 0. The van der Waals surface area contributed by atoms with Crippen molar-refractivity contribution in [3.8, 4) is 11.5 Å². The zero-order valence-corrected chi connectivity index (χ0v) is 18.0. The van der Waals surface area contributed by atoms with Gasteiger partial charge in [-0.2, -0.15) is 0 Å². The third kappa shape index (κ3) is 3.76. The second-order valence-corrected chi connectivity index (χ2v) is 8.37. The molecule has 0 spiro atoms. The molecule has 2 aliphatic heterocycles. The highest BCUT2D eigenvalue weighted by molar-refractivity contribution is 5.96. The Bertz CT molecular complexity index is 971. The van der Waals surface area contributed by atoms with Crippen LogP contribution in [0.4, 0.5) is 5.69 Å². The van der Waals surface area contributed by atoms with Gasteiger partial charge in [-0.3, -0.25) is 9.59 Å². The lowest BCUT2D eigenvalue weighted by atomic mass is 9.95. The van der Waals surface area contributed by atoms with E-state index in [0.717, 1.165) is 17.0 Å². The van der Waals surface area contributed by atoms with Gasteiger partial charge in [-0.1, -0.05) is 0 Å². The zero-order valence-electron chi connectivity index (χ0n) is 18.0. The summed E-state index contributed by atoms with van der Waals surface area (Å²) in [5.74, 6) is 1.27. The SMILES string of the molecule is Cc1cc(C(=O)N2CCC(C(=O)Nc3ccc4c(c3)OCO4)CC2)c(C)n1C(C)C. The fraction of sp³-hybridized carbons (Fsp3) is 0.478. The Morgan fingerprint density at radius 2 is 1.77 bits per heavy atom. The summed E-state index contributed by atoms with van der Waals surface area (Å²) in [5.41, 5.74) is 3.58. The predicted octanol–water partition coefficient (Wildman–Crippen LogP) is 3.91. The van der Waals surface area contributed by atoms with Gasteiger partial charge in [0, 0.05) is 48.2 Å². The van der Waals surface area contributed by atoms with Gasteiger partial charge >= 0.3 is 0 Å². The molecular weight excluding hydrogens is 382 g/mol. The Morgan fingerprint density at radius 1 is 1.07 bits per heavy atom. The number of aromatic nitrogens is 1. The molecule has 7 heteroatoms. The molecule has 1 saturated heterocycles. The van der Waals surface area contributed by atoms with Crippen molar-refractivity contribution in [2.75, 3.05) is 25.2 Å². The number of hydrogen-bond acceptors (Lipinski definition) is 4. The van der Waals surface area contributed by atoms with Gasteiger partial charge in [-0.25, -0.2) is 0 Å². The molecule has 1 aromatic carbocycles. The monoisotopic (exact) mass is 411 g/mol. The number of amides is 2. The number of piperidine rings is 1. The van der Waals surface area contributed by atoms with Crippen LogP contribution in [0.2, 0.25) is 0 Å². The van der Waals surface area contributed by atoms with Crippen molar-refractivity contribution in [2.45, 2.75) is 46.6 Å². The maximum atomic E-state index is 13.1. The summed E-state index contributed by atoms with van der Waals surface area (Å²) in [7, 11) is 0. The van der Waals surface area contributed by atoms with Gasteiger partial charge in [0.1, 0.15) is 0 Å². The molecule has 0 bridgehead atoms. The van der Waals surface area contributed by atoms with E-state index in [9.17, 15) is 9.59 Å². The number of rotatable bonds is 4. The van der Waals surface area contributed by atoms with Crippen LogP contribution in [-0.2, 0) is 4.79 Å². The van der Waals surface area contributed by atoms with Gasteiger partial charge in [-0.15, -0.1) is 0 Å². The summed E-state index contributed by atoms with van der Waals surface area (Å²) in [5, 5.41) is 2.97. The fourth-order valence-electron chi connectivity index (χ4n) is 4.52. The highest BCUT2D eigenvalue weighted by atomic mass is 16.7. The molecule has 0 atom stereocenters. The minimum Gasteiger partial charge on any atom is -0.454 e. The summed E-state index contributed by atoms with van der Waals surface area (Å²) in [6.07, 6.45) is 1.32. The largest absolute Gasteiger partial charge is 0.454 e. The number of carbonyl (C=O) groups is 2. The smallest absolute Gasteiger partial charge is 0.255 e. The molecule has 2 aromatic rings. The Balaban J connectivity index is 1.36. The topological polar surface area (TPSA) is 72.8 Å². The molecule has 7 nitrogen and oxygen atoms in total. The normalized spacial score (nSPS) is 16.2. The molecule has 30 heavy (non-hydrogen) atoms. The highest BCUT2D eigenvalue weighted by Gasteiger charge is 2.30. The van der Waals surface area contributed by atoms with Crippen molar-refractivity contribution < 1.29 is 19.1 Å². The molecule has 0 saturated carbocycles.